The van der Waals surface area contributed by atoms with E-state index in [0.29, 0.717) is 27.8 Å². The predicted molar refractivity (Wildman–Crippen MR) is 100 cm³/mol. The average molecular weight is 365 g/mol. The number of phenols is 1. The number of carbonyl (C=O) groups is 1. The molecule has 2 heterocycles. The number of hydrogen-bond acceptors (Lipinski definition) is 4. The van der Waals surface area contributed by atoms with Gasteiger partial charge in [0.1, 0.15) is 11.4 Å². The summed E-state index contributed by atoms with van der Waals surface area (Å²) >= 11 is 5.96. The second kappa shape index (κ2) is 6.50. The van der Waals surface area contributed by atoms with Gasteiger partial charge in [-0.1, -0.05) is 29.8 Å². The number of benzene rings is 2. The van der Waals surface area contributed by atoms with E-state index in [0.717, 1.165) is 10.9 Å². The Hall–Kier alpha value is -3.38. The van der Waals surface area contributed by atoms with Gasteiger partial charge in [0, 0.05) is 21.5 Å². The molecule has 0 saturated carbocycles. The molecule has 0 aliphatic heterocycles. The van der Waals surface area contributed by atoms with Crippen molar-refractivity contribution in [3.63, 3.8) is 0 Å². The molecule has 128 valence electrons. The van der Waals surface area contributed by atoms with Crippen LogP contribution < -0.4 is 5.32 Å². The van der Waals surface area contributed by atoms with Crippen LogP contribution in [0.15, 0.2) is 60.9 Å². The molecule has 0 radical (unpaired) electrons. The first kappa shape index (κ1) is 16.1. The van der Waals surface area contributed by atoms with E-state index in [1.807, 2.05) is 6.07 Å². The SMILES string of the molecule is O=C(Nc1cnc(-c2cccc(O)c2)nc1)c1cc2ccc(Cl)cc2[nH]1. The Labute approximate surface area is 153 Å². The molecular weight excluding hydrogens is 352 g/mol. The normalized spacial score (nSPS) is 10.8. The van der Waals surface area contributed by atoms with E-state index in [-0.39, 0.29) is 11.7 Å². The van der Waals surface area contributed by atoms with Gasteiger partial charge in [-0.3, -0.25) is 4.79 Å². The number of aromatic amines is 1. The lowest BCUT2D eigenvalue weighted by atomic mass is 10.2. The lowest BCUT2D eigenvalue weighted by molar-refractivity contribution is 0.102. The molecule has 26 heavy (non-hydrogen) atoms. The van der Waals surface area contributed by atoms with Gasteiger partial charge < -0.3 is 15.4 Å². The van der Waals surface area contributed by atoms with E-state index >= 15 is 0 Å². The van der Waals surface area contributed by atoms with Crippen molar-refractivity contribution in [3.05, 3.63) is 71.6 Å². The first-order valence-corrected chi connectivity index (χ1v) is 8.17. The largest absolute Gasteiger partial charge is 0.508 e. The zero-order chi connectivity index (χ0) is 18.1. The third kappa shape index (κ3) is 3.22. The topological polar surface area (TPSA) is 90.9 Å². The summed E-state index contributed by atoms with van der Waals surface area (Å²) in [5.74, 6) is 0.299. The van der Waals surface area contributed by atoms with Gasteiger partial charge in [0.05, 0.1) is 18.1 Å². The Balaban J connectivity index is 1.53. The number of aromatic hydroxyl groups is 1. The number of phenolic OH excluding ortho intramolecular Hbond substituents is 1. The van der Waals surface area contributed by atoms with Crippen molar-refractivity contribution in [3.8, 4) is 17.1 Å². The van der Waals surface area contributed by atoms with Gasteiger partial charge in [-0.25, -0.2) is 9.97 Å². The fourth-order valence-electron chi connectivity index (χ4n) is 2.61. The van der Waals surface area contributed by atoms with Crippen LogP contribution in [0, 0.1) is 0 Å². The van der Waals surface area contributed by atoms with Gasteiger partial charge in [-0.05, 0) is 30.3 Å². The van der Waals surface area contributed by atoms with Crippen molar-refractivity contribution in [1.29, 1.82) is 0 Å². The number of carbonyl (C=O) groups excluding carboxylic acids is 1. The molecule has 1 amide bonds. The van der Waals surface area contributed by atoms with Gasteiger partial charge in [0.25, 0.3) is 5.91 Å². The fraction of sp³-hybridized carbons (Fsp3) is 0. The Kier molecular flexibility index (Phi) is 4.02. The molecular formula is C19H13ClN4O2. The fourth-order valence-corrected chi connectivity index (χ4v) is 2.78. The smallest absolute Gasteiger partial charge is 0.272 e. The van der Waals surface area contributed by atoms with E-state index < -0.39 is 0 Å². The second-order valence-electron chi connectivity index (χ2n) is 5.71. The first-order valence-electron chi connectivity index (χ1n) is 7.79. The monoisotopic (exact) mass is 364 g/mol. The molecule has 2 aromatic heterocycles. The van der Waals surface area contributed by atoms with Crippen LogP contribution in [-0.4, -0.2) is 26.0 Å². The predicted octanol–water partition coefficient (Wildman–Crippen LogP) is 4.24. The molecule has 0 spiro atoms. The average Bonchev–Trinajstić information content (AvgIpc) is 3.05. The molecule has 0 saturated heterocycles. The molecule has 0 atom stereocenters. The number of H-pyrrole nitrogens is 1. The molecule has 4 aromatic rings. The van der Waals surface area contributed by atoms with E-state index in [1.165, 1.54) is 12.4 Å². The van der Waals surface area contributed by atoms with Crippen LogP contribution in [0.25, 0.3) is 22.3 Å². The molecule has 6 nitrogen and oxygen atoms in total. The highest BCUT2D eigenvalue weighted by molar-refractivity contribution is 6.31. The minimum Gasteiger partial charge on any atom is -0.508 e. The zero-order valence-corrected chi connectivity index (χ0v) is 14.2. The van der Waals surface area contributed by atoms with Crippen molar-refractivity contribution in [2.24, 2.45) is 0 Å². The lowest BCUT2D eigenvalue weighted by Gasteiger charge is -2.05. The number of anilines is 1. The number of aromatic nitrogens is 3. The van der Waals surface area contributed by atoms with Gasteiger partial charge in [-0.2, -0.15) is 0 Å². The maximum atomic E-state index is 12.4. The van der Waals surface area contributed by atoms with Crippen LogP contribution in [0.1, 0.15) is 10.5 Å². The molecule has 0 unspecified atom stereocenters. The maximum absolute atomic E-state index is 12.4. The van der Waals surface area contributed by atoms with Crippen LogP contribution in [-0.2, 0) is 0 Å². The molecule has 0 fully saturated rings. The highest BCUT2D eigenvalue weighted by Crippen LogP contribution is 2.22. The highest BCUT2D eigenvalue weighted by Gasteiger charge is 2.11. The van der Waals surface area contributed by atoms with Gasteiger partial charge in [-0.15, -0.1) is 0 Å². The Morgan fingerprint density at radius 3 is 2.65 bits per heavy atom. The van der Waals surface area contributed by atoms with Gasteiger partial charge in [0.15, 0.2) is 5.82 Å². The Morgan fingerprint density at radius 1 is 1.08 bits per heavy atom. The van der Waals surface area contributed by atoms with Crippen LogP contribution in [0.5, 0.6) is 5.75 Å². The summed E-state index contributed by atoms with van der Waals surface area (Å²) in [4.78, 5) is 23.9. The van der Waals surface area contributed by atoms with Crippen LogP contribution in [0.4, 0.5) is 5.69 Å². The number of nitrogens with one attached hydrogen (secondary N) is 2. The Bertz CT molecular complexity index is 1110. The van der Waals surface area contributed by atoms with Crippen LogP contribution >= 0.6 is 11.6 Å². The quantitative estimate of drug-likeness (QED) is 0.507. The van der Waals surface area contributed by atoms with E-state index in [1.54, 1.807) is 42.5 Å². The molecule has 0 aliphatic rings. The summed E-state index contributed by atoms with van der Waals surface area (Å²) < 4.78 is 0. The summed E-state index contributed by atoms with van der Waals surface area (Å²) in [6.45, 7) is 0. The third-order valence-electron chi connectivity index (χ3n) is 3.84. The Morgan fingerprint density at radius 2 is 1.88 bits per heavy atom. The first-order chi connectivity index (χ1) is 12.6. The van der Waals surface area contributed by atoms with Crippen molar-refractivity contribution < 1.29 is 9.90 Å². The molecule has 3 N–H and O–H groups in total. The van der Waals surface area contributed by atoms with Crippen LogP contribution in [0.3, 0.4) is 0 Å². The molecule has 4 rings (SSSR count). The minimum absolute atomic E-state index is 0.141. The standard InChI is InChI=1S/C19H13ClN4O2/c20-13-5-4-11-7-17(24-16(11)8-13)19(26)23-14-9-21-18(22-10-14)12-2-1-3-15(25)6-12/h1-10,24-25H,(H,23,26). The molecule has 2 aromatic carbocycles. The minimum atomic E-state index is -0.300. The number of amides is 1. The highest BCUT2D eigenvalue weighted by atomic mass is 35.5. The summed E-state index contributed by atoms with van der Waals surface area (Å²) in [6.07, 6.45) is 3.04. The number of fused-ring (bicyclic) bond motifs is 1. The van der Waals surface area contributed by atoms with Gasteiger partial charge >= 0.3 is 0 Å². The van der Waals surface area contributed by atoms with Crippen molar-refractivity contribution in [2.75, 3.05) is 5.32 Å². The number of hydrogen-bond donors (Lipinski definition) is 3. The summed E-state index contributed by atoms with van der Waals surface area (Å²) in [5.41, 5.74) is 2.36. The maximum Gasteiger partial charge on any atom is 0.272 e. The summed E-state index contributed by atoms with van der Waals surface area (Å²) in [6, 6.07) is 13.8. The molecule has 0 bridgehead atoms. The van der Waals surface area contributed by atoms with Gasteiger partial charge in [0.2, 0.25) is 0 Å². The zero-order valence-electron chi connectivity index (χ0n) is 13.4. The number of nitrogens with zero attached hydrogens (tertiary/aromatic N) is 2. The van der Waals surface area contributed by atoms with E-state index in [9.17, 15) is 9.90 Å². The summed E-state index contributed by atoms with van der Waals surface area (Å²) in [7, 11) is 0. The van der Waals surface area contributed by atoms with E-state index in [2.05, 4.69) is 20.3 Å². The lowest BCUT2D eigenvalue weighted by Crippen LogP contribution is -2.12. The number of halogens is 1. The van der Waals surface area contributed by atoms with Crippen molar-refractivity contribution in [1.82, 2.24) is 15.0 Å². The third-order valence-corrected chi connectivity index (χ3v) is 4.08. The van der Waals surface area contributed by atoms with Crippen molar-refractivity contribution >= 4 is 34.1 Å². The van der Waals surface area contributed by atoms with Crippen molar-refractivity contribution in [2.45, 2.75) is 0 Å². The molecule has 7 heteroatoms. The number of rotatable bonds is 3. The van der Waals surface area contributed by atoms with Crippen LogP contribution in [0.2, 0.25) is 5.02 Å². The van der Waals surface area contributed by atoms with E-state index in [4.69, 9.17) is 11.6 Å². The molecule has 0 aliphatic carbocycles. The second-order valence-corrected chi connectivity index (χ2v) is 6.15. The summed E-state index contributed by atoms with van der Waals surface area (Å²) in [5, 5.41) is 13.8.